The van der Waals surface area contributed by atoms with Crippen LogP contribution in [0.4, 0.5) is 5.82 Å². The molecule has 4 rings (SSSR count). The summed E-state index contributed by atoms with van der Waals surface area (Å²) in [5.41, 5.74) is 1.72. The lowest BCUT2D eigenvalue weighted by molar-refractivity contribution is -0.128. The first-order valence-corrected chi connectivity index (χ1v) is 13.2. The molecule has 0 aromatic carbocycles. The van der Waals surface area contributed by atoms with Gasteiger partial charge in [0, 0.05) is 19.1 Å². The van der Waals surface area contributed by atoms with Crippen molar-refractivity contribution < 1.29 is 4.79 Å². The molecule has 0 radical (unpaired) electrons. The maximum absolute atomic E-state index is 13.9. The van der Waals surface area contributed by atoms with Crippen molar-refractivity contribution in [3.8, 4) is 5.69 Å². The number of pyridine rings is 1. The number of hydrogen-bond donors (Lipinski definition) is 0. The molecule has 0 aliphatic carbocycles. The Balaban J connectivity index is 2.02. The van der Waals surface area contributed by atoms with Crippen LogP contribution in [-0.4, -0.2) is 60.5 Å². The number of carbonyl (C=O) groups is 1. The first-order valence-electron chi connectivity index (χ1n) is 12.5. The summed E-state index contributed by atoms with van der Waals surface area (Å²) in [5.74, 6) is 0.224. The third-order valence-electron chi connectivity index (χ3n) is 6.73. The number of fused-ring (bicyclic) bond motifs is 1. The van der Waals surface area contributed by atoms with Crippen LogP contribution in [0, 0.1) is 0 Å². The van der Waals surface area contributed by atoms with E-state index in [4.69, 9.17) is 23.2 Å². The number of nitrogens with zero attached hydrogens (tertiary/aromatic N) is 7. The SMILES string of the molecule is C=CC(=O)N1C[C@H](C)N(c2nc(=O)n(-c3c(C(C)C)ncnc3C(C)C)c3nc(Cl)c(Cl)cc23)C[C@H]1C=C. The lowest BCUT2D eigenvalue weighted by Gasteiger charge is -2.44. The normalized spacial score (nSPS) is 17.9. The van der Waals surface area contributed by atoms with E-state index < -0.39 is 5.69 Å². The van der Waals surface area contributed by atoms with Crippen molar-refractivity contribution in [2.45, 2.75) is 58.5 Å². The van der Waals surface area contributed by atoms with E-state index in [-0.39, 0.29) is 40.0 Å². The molecule has 1 fully saturated rings. The van der Waals surface area contributed by atoms with Crippen LogP contribution in [0.25, 0.3) is 16.7 Å². The number of amides is 1. The second-order valence-corrected chi connectivity index (χ2v) is 10.8. The Morgan fingerprint density at radius 1 is 1.08 bits per heavy atom. The van der Waals surface area contributed by atoms with Crippen molar-refractivity contribution in [1.29, 1.82) is 0 Å². The molecule has 0 saturated carbocycles. The van der Waals surface area contributed by atoms with E-state index in [1.807, 2.05) is 39.5 Å². The molecule has 200 valence electrons. The van der Waals surface area contributed by atoms with Gasteiger partial charge in [-0.2, -0.15) is 4.98 Å². The summed E-state index contributed by atoms with van der Waals surface area (Å²) in [6.45, 7) is 18.3. The monoisotopic (exact) mass is 555 g/mol. The molecule has 1 saturated heterocycles. The molecule has 1 aliphatic rings. The fraction of sp³-hybridized carbons (Fsp3) is 0.407. The summed E-state index contributed by atoms with van der Waals surface area (Å²) >= 11 is 12.8. The first-order chi connectivity index (χ1) is 18.0. The molecule has 3 aromatic heterocycles. The fourth-order valence-corrected chi connectivity index (χ4v) is 5.14. The van der Waals surface area contributed by atoms with E-state index in [1.54, 1.807) is 17.0 Å². The van der Waals surface area contributed by atoms with Crippen molar-refractivity contribution in [2.75, 3.05) is 18.0 Å². The zero-order valence-corrected chi connectivity index (χ0v) is 23.7. The Morgan fingerprint density at radius 2 is 1.71 bits per heavy atom. The van der Waals surface area contributed by atoms with Crippen LogP contribution < -0.4 is 10.6 Å². The van der Waals surface area contributed by atoms with Crippen LogP contribution in [0.3, 0.4) is 0 Å². The molecule has 0 unspecified atom stereocenters. The summed E-state index contributed by atoms with van der Waals surface area (Å²) in [5, 5.41) is 0.848. The molecule has 0 N–H and O–H groups in total. The molecule has 38 heavy (non-hydrogen) atoms. The van der Waals surface area contributed by atoms with Crippen molar-refractivity contribution >= 4 is 46.0 Å². The van der Waals surface area contributed by atoms with Gasteiger partial charge in [-0.3, -0.25) is 4.79 Å². The average Bonchev–Trinajstić information content (AvgIpc) is 2.88. The highest BCUT2D eigenvalue weighted by molar-refractivity contribution is 6.41. The largest absolute Gasteiger partial charge is 0.355 e. The summed E-state index contributed by atoms with van der Waals surface area (Å²) in [6, 6.07) is 1.19. The Hall–Kier alpha value is -3.30. The van der Waals surface area contributed by atoms with Gasteiger partial charge in [0.2, 0.25) is 5.91 Å². The number of carbonyl (C=O) groups excluding carboxylic acids is 1. The predicted molar refractivity (Wildman–Crippen MR) is 152 cm³/mol. The maximum Gasteiger partial charge on any atom is 0.355 e. The van der Waals surface area contributed by atoms with E-state index in [0.717, 1.165) is 0 Å². The summed E-state index contributed by atoms with van der Waals surface area (Å²) in [6.07, 6.45) is 4.51. The molecule has 11 heteroatoms. The van der Waals surface area contributed by atoms with Gasteiger partial charge in [0.05, 0.1) is 33.5 Å². The Morgan fingerprint density at radius 3 is 2.26 bits per heavy atom. The number of piperazine rings is 1. The van der Waals surface area contributed by atoms with Crippen LogP contribution in [0.5, 0.6) is 0 Å². The highest BCUT2D eigenvalue weighted by atomic mass is 35.5. The Kier molecular flexibility index (Phi) is 7.90. The van der Waals surface area contributed by atoms with Gasteiger partial charge in [0.1, 0.15) is 17.3 Å². The molecule has 3 aromatic rings. The second kappa shape index (κ2) is 10.8. The van der Waals surface area contributed by atoms with Gasteiger partial charge in [-0.1, -0.05) is 63.6 Å². The van der Waals surface area contributed by atoms with Crippen molar-refractivity contribution in [3.05, 3.63) is 69.8 Å². The van der Waals surface area contributed by atoms with Crippen LogP contribution >= 0.6 is 23.2 Å². The number of rotatable bonds is 6. The Labute approximate surface area is 231 Å². The molecule has 0 bridgehead atoms. The van der Waals surface area contributed by atoms with Crippen LogP contribution in [0.2, 0.25) is 10.2 Å². The van der Waals surface area contributed by atoms with Gasteiger partial charge >= 0.3 is 5.69 Å². The lowest BCUT2D eigenvalue weighted by atomic mass is 10.0. The quantitative estimate of drug-likeness (QED) is 0.242. The number of aromatic nitrogens is 5. The van der Waals surface area contributed by atoms with Crippen molar-refractivity contribution in [1.82, 2.24) is 29.4 Å². The zero-order chi connectivity index (χ0) is 27.9. The number of anilines is 1. The number of hydrogen-bond acceptors (Lipinski definition) is 7. The highest BCUT2D eigenvalue weighted by Crippen LogP contribution is 2.35. The molecular weight excluding hydrogens is 525 g/mol. The minimum Gasteiger partial charge on any atom is -0.349 e. The first kappa shape index (κ1) is 27.7. The minimum absolute atomic E-state index is 0.00116. The summed E-state index contributed by atoms with van der Waals surface area (Å²) in [7, 11) is 0. The molecule has 4 heterocycles. The number of halogens is 2. The molecule has 2 atom stereocenters. The molecule has 9 nitrogen and oxygen atoms in total. The van der Waals surface area contributed by atoms with E-state index >= 15 is 0 Å². The van der Waals surface area contributed by atoms with Gasteiger partial charge < -0.3 is 9.80 Å². The van der Waals surface area contributed by atoms with Gasteiger partial charge in [-0.25, -0.2) is 24.3 Å². The molecule has 1 amide bonds. The lowest BCUT2D eigenvalue weighted by Crippen LogP contribution is -2.58. The Bertz CT molecular complexity index is 1460. The van der Waals surface area contributed by atoms with E-state index in [0.29, 0.717) is 47.0 Å². The van der Waals surface area contributed by atoms with Gasteiger partial charge in [-0.15, -0.1) is 6.58 Å². The van der Waals surface area contributed by atoms with Crippen LogP contribution in [0.15, 0.2) is 42.5 Å². The van der Waals surface area contributed by atoms with Crippen LogP contribution in [0.1, 0.15) is 57.8 Å². The highest BCUT2D eigenvalue weighted by Gasteiger charge is 2.35. The zero-order valence-electron chi connectivity index (χ0n) is 22.2. The third-order valence-corrected chi connectivity index (χ3v) is 7.41. The van der Waals surface area contributed by atoms with Crippen molar-refractivity contribution in [3.63, 3.8) is 0 Å². The van der Waals surface area contributed by atoms with Gasteiger partial charge in [0.15, 0.2) is 5.65 Å². The second-order valence-electron chi connectivity index (χ2n) is 9.99. The van der Waals surface area contributed by atoms with Crippen molar-refractivity contribution in [2.24, 2.45) is 0 Å². The van der Waals surface area contributed by atoms with E-state index in [9.17, 15) is 9.59 Å². The van der Waals surface area contributed by atoms with E-state index in [1.165, 1.54) is 17.0 Å². The smallest absolute Gasteiger partial charge is 0.349 e. The molecule has 1 aliphatic heterocycles. The minimum atomic E-state index is -0.538. The summed E-state index contributed by atoms with van der Waals surface area (Å²) in [4.78, 5) is 48.2. The molecular formula is C27H31Cl2N7O2. The third kappa shape index (κ3) is 4.80. The predicted octanol–water partition coefficient (Wildman–Crippen LogP) is 4.90. The van der Waals surface area contributed by atoms with Gasteiger partial charge in [0.25, 0.3) is 0 Å². The van der Waals surface area contributed by atoms with E-state index in [2.05, 4.69) is 33.1 Å². The van der Waals surface area contributed by atoms with Gasteiger partial charge in [-0.05, 0) is 30.9 Å². The van der Waals surface area contributed by atoms with Crippen LogP contribution in [-0.2, 0) is 4.79 Å². The fourth-order valence-electron chi connectivity index (χ4n) is 4.85. The standard InChI is InChI=1S/C27H31Cl2N7O2/c1-8-17-12-34(16(7)11-35(17)20(37)9-2)25-18-10-19(28)24(29)32-26(18)36(27(38)33-25)23-21(14(3)4)30-13-31-22(23)15(5)6/h8-10,13-17H,1-2,11-12H2,3-7H3/t16-,17+/m0/s1. The maximum atomic E-state index is 13.9. The summed E-state index contributed by atoms with van der Waals surface area (Å²) < 4.78 is 1.44. The average molecular weight is 556 g/mol. The topological polar surface area (TPSA) is 97.1 Å². The molecule has 0 spiro atoms.